The molecule has 0 bridgehead atoms. The molecular formula is C23H31NO. The van der Waals surface area contributed by atoms with Crippen molar-refractivity contribution < 1.29 is 4.74 Å². The molecule has 1 fully saturated rings. The highest BCUT2D eigenvalue weighted by atomic mass is 16.5. The molecule has 0 aromatic heterocycles. The van der Waals surface area contributed by atoms with Crippen molar-refractivity contribution in [2.75, 3.05) is 20.6 Å². The van der Waals surface area contributed by atoms with Crippen LogP contribution >= 0.6 is 0 Å². The molecule has 0 spiro atoms. The van der Waals surface area contributed by atoms with Crippen LogP contribution in [-0.4, -0.2) is 25.5 Å². The Hall–Kier alpha value is -1.80. The van der Waals surface area contributed by atoms with Crippen molar-refractivity contribution in [1.82, 2.24) is 4.90 Å². The molecule has 0 heterocycles. The largest absolute Gasteiger partial charge is 0.489 e. The average Bonchev–Trinajstić information content (AvgIpc) is 2.66. The van der Waals surface area contributed by atoms with Crippen molar-refractivity contribution >= 4 is 0 Å². The van der Waals surface area contributed by atoms with E-state index >= 15 is 0 Å². The fourth-order valence-electron chi connectivity index (χ4n) is 4.01. The van der Waals surface area contributed by atoms with Gasteiger partial charge >= 0.3 is 0 Å². The molecule has 0 N–H and O–H groups in total. The Kier molecular flexibility index (Phi) is 6.52. The highest BCUT2D eigenvalue weighted by Gasteiger charge is 2.25. The number of hydrogen-bond donors (Lipinski definition) is 0. The lowest BCUT2D eigenvalue weighted by molar-refractivity contribution is 0.253. The molecule has 0 amide bonds. The number of likely N-dealkylation sites (N-methyl/N-ethyl adjacent to an activating group) is 1. The predicted octanol–water partition coefficient (Wildman–Crippen LogP) is 5.49. The van der Waals surface area contributed by atoms with Crippen molar-refractivity contribution in [1.29, 1.82) is 0 Å². The van der Waals surface area contributed by atoms with Gasteiger partial charge in [-0.25, -0.2) is 0 Å². The molecule has 2 aromatic carbocycles. The fourth-order valence-corrected chi connectivity index (χ4v) is 4.01. The molecule has 2 heteroatoms. The van der Waals surface area contributed by atoms with Gasteiger partial charge in [0.1, 0.15) is 12.4 Å². The number of hydrogen-bond acceptors (Lipinski definition) is 2. The van der Waals surface area contributed by atoms with Gasteiger partial charge in [0, 0.05) is 6.54 Å². The van der Waals surface area contributed by atoms with Crippen LogP contribution in [0.2, 0.25) is 0 Å². The molecule has 1 atom stereocenters. The smallest absolute Gasteiger partial charge is 0.119 e. The Morgan fingerprint density at radius 2 is 1.60 bits per heavy atom. The summed E-state index contributed by atoms with van der Waals surface area (Å²) < 4.78 is 5.94. The topological polar surface area (TPSA) is 12.5 Å². The summed E-state index contributed by atoms with van der Waals surface area (Å²) in [7, 11) is 4.38. The standard InChI is InChI=1S/C23H31NO/c1-24(2)17-23(20-11-7-4-8-12-20)21-13-15-22(16-14-21)25-18-19-9-5-3-6-10-19/h3,5-6,9-10,13-16,20,23H,4,7-8,11-12,17-18H2,1-2H3. The molecular weight excluding hydrogens is 306 g/mol. The van der Waals surface area contributed by atoms with Crippen LogP contribution in [0.15, 0.2) is 54.6 Å². The highest BCUT2D eigenvalue weighted by molar-refractivity contribution is 5.30. The van der Waals surface area contributed by atoms with E-state index in [0.717, 1.165) is 18.2 Å². The maximum atomic E-state index is 5.94. The third kappa shape index (κ3) is 5.34. The maximum absolute atomic E-state index is 5.94. The maximum Gasteiger partial charge on any atom is 0.119 e. The van der Waals surface area contributed by atoms with Gasteiger partial charge in [-0.2, -0.15) is 0 Å². The van der Waals surface area contributed by atoms with E-state index in [4.69, 9.17) is 4.74 Å². The van der Waals surface area contributed by atoms with Gasteiger partial charge in [-0.05, 0) is 62.0 Å². The summed E-state index contributed by atoms with van der Waals surface area (Å²) in [5.41, 5.74) is 2.67. The van der Waals surface area contributed by atoms with Crippen LogP contribution in [0.4, 0.5) is 0 Å². The zero-order chi connectivity index (χ0) is 17.5. The van der Waals surface area contributed by atoms with E-state index in [1.807, 2.05) is 6.07 Å². The molecule has 1 saturated carbocycles. The van der Waals surface area contributed by atoms with Gasteiger partial charge in [0.15, 0.2) is 0 Å². The van der Waals surface area contributed by atoms with Crippen LogP contribution in [-0.2, 0) is 6.61 Å². The van der Waals surface area contributed by atoms with Crippen LogP contribution in [0, 0.1) is 5.92 Å². The second-order valence-electron chi connectivity index (χ2n) is 7.61. The summed E-state index contributed by atoms with van der Waals surface area (Å²) in [6.45, 7) is 1.76. The van der Waals surface area contributed by atoms with Gasteiger partial charge in [0.2, 0.25) is 0 Å². The lowest BCUT2D eigenvalue weighted by atomic mass is 9.76. The van der Waals surface area contributed by atoms with Crippen LogP contribution in [0.25, 0.3) is 0 Å². The van der Waals surface area contributed by atoms with Crippen molar-refractivity contribution in [3.8, 4) is 5.75 Å². The average molecular weight is 338 g/mol. The lowest BCUT2D eigenvalue weighted by Crippen LogP contribution is -2.27. The Labute approximate surface area is 152 Å². The Balaban J connectivity index is 1.65. The molecule has 0 radical (unpaired) electrons. The number of nitrogens with zero attached hydrogens (tertiary/aromatic N) is 1. The first-order valence-electron chi connectivity index (χ1n) is 9.64. The SMILES string of the molecule is CN(C)CC(c1ccc(OCc2ccccc2)cc1)C1CCCCC1. The van der Waals surface area contributed by atoms with Gasteiger partial charge < -0.3 is 9.64 Å². The second-order valence-corrected chi connectivity index (χ2v) is 7.61. The molecule has 1 aliphatic carbocycles. The monoisotopic (exact) mass is 337 g/mol. The zero-order valence-electron chi connectivity index (χ0n) is 15.7. The zero-order valence-corrected chi connectivity index (χ0v) is 15.7. The Morgan fingerprint density at radius 1 is 0.920 bits per heavy atom. The van der Waals surface area contributed by atoms with Gasteiger partial charge in [-0.15, -0.1) is 0 Å². The molecule has 3 rings (SSSR count). The lowest BCUT2D eigenvalue weighted by Gasteiger charge is -2.32. The van der Waals surface area contributed by atoms with Gasteiger partial charge in [-0.3, -0.25) is 0 Å². The van der Waals surface area contributed by atoms with Crippen LogP contribution in [0.1, 0.15) is 49.1 Å². The third-order valence-electron chi connectivity index (χ3n) is 5.34. The van der Waals surface area contributed by atoms with Crippen molar-refractivity contribution in [2.45, 2.75) is 44.6 Å². The Bertz CT molecular complexity index is 614. The number of ether oxygens (including phenoxy) is 1. The first-order valence-corrected chi connectivity index (χ1v) is 9.64. The first-order chi connectivity index (χ1) is 12.2. The first kappa shape index (κ1) is 18.0. The van der Waals surface area contributed by atoms with Crippen molar-refractivity contribution in [3.05, 3.63) is 65.7 Å². The van der Waals surface area contributed by atoms with Crippen molar-refractivity contribution in [3.63, 3.8) is 0 Å². The summed E-state index contributed by atoms with van der Waals surface area (Å²) in [5.74, 6) is 2.42. The van der Waals surface area contributed by atoms with E-state index in [2.05, 4.69) is 67.5 Å². The number of benzene rings is 2. The fraction of sp³-hybridized carbons (Fsp3) is 0.478. The predicted molar refractivity (Wildman–Crippen MR) is 105 cm³/mol. The summed E-state index contributed by atoms with van der Waals surface area (Å²) in [6.07, 6.45) is 6.96. The summed E-state index contributed by atoms with van der Waals surface area (Å²) in [4.78, 5) is 2.33. The van der Waals surface area contributed by atoms with E-state index in [-0.39, 0.29) is 0 Å². The molecule has 0 aliphatic heterocycles. The highest BCUT2D eigenvalue weighted by Crippen LogP contribution is 2.37. The van der Waals surface area contributed by atoms with E-state index in [0.29, 0.717) is 12.5 Å². The molecule has 2 aromatic rings. The van der Waals surface area contributed by atoms with E-state index in [1.54, 1.807) is 0 Å². The van der Waals surface area contributed by atoms with Gasteiger partial charge in [0.05, 0.1) is 0 Å². The molecule has 134 valence electrons. The quantitative estimate of drug-likeness (QED) is 0.662. The normalized spacial score (nSPS) is 16.8. The molecule has 0 saturated heterocycles. The molecule has 1 aliphatic rings. The van der Waals surface area contributed by atoms with E-state index in [1.165, 1.54) is 43.2 Å². The van der Waals surface area contributed by atoms with Gasteiger partial charge in [-0.1, -0.05) is 61.7 Å². The second kappa shape index (κ2) is 9.05. The minimum atomic E-state index is 0.629. The van der Waals surface area contributed by atoms with Crippen molar-refractivity contribution in [2.24, 2.45) is 5.92 Å². The summed E-state index contributed by atoms with van der Waals surface area (Å²) in [5, 5.41) is 0. The van der Waals surface area contributed by atoms with E-state index in [9.17, 15) is 0 Å². The van der Waals surface area contributed by atoms with Crippen LogP contribution in [0.3, 0.4) is 0 Å². The third-order valence-corrected chi connectivity index (χ3v) is 5.34. The van der Waals surface area contributed by atoms with Crippen LogP contribution < -0.4 is 4.74 Å². The molecule has 25 heavy (non-hydrogen) atoms. The Morgan fingerprint density at radius 3 is 2.24 bits per heavy atom. The molecule has 2 nitrogen and oxygen atoms in total. The summed E-state index contributed by atoms with van der Waals surface area (Å²) >= 11 is 0. The van der Waals surface area contributed by atoms with Gasteiger partial charge in [0.25, 0.3) is 0 Å². The minimum Gasteiger partial charge on any atom is -0.489 e. The summed E-state index contributed by atoms with van der Waals surface area (Å²) in [6, 6.07) is 19.2. The molecule has 1 unspecified atom stereocenters. The van der Waals surface area contributed by atoms with Crippen LogP contribution in [0.5, 0.6) is 5.75 Å². The number of rotatable bonds is 7. The minimum absolute atomic E-state index is 0.629. The van der Waals surface area contributed by atoms with E-state index < -0.39 is 0 Å².